The highest BCUT2D eigenvalue weighted by atomic mass is 32.1. The molecule has 0 saturated carbocycles. The molecule has 0 spiro atoms. The zero-order valence-corrected chi connectivity index (χ0v) is 16.1. The van der Waals surface area contributed by atoms with E-state index in [4.69, 9.17) is 5.10 Å². The van der Waals surface area contributed by atoms with Crippen molar-refractivity contribution >= 4 is 11.3 Å². The Bertz CT molecular complexity index is 962. The number of para-hydroxylation sites is 1. The van der Waals surface area contributed by atoms with Crippen LogP contribution in [0.5, 0.6) is 0 Å². The molecule has 0 N–H and O–H groups in total. The second-order valence-corrected chi connectivity index (χ2v) is 7.55. The molecule has 3 heterocycles. The number of rotatable bonds is 7. The Labute approximate surface area is 163 Å². The van der Waals surface area contributed by atoms with Crippen molar-refractivity contribution in [1.29, 1.82) is 0 Å². The predicted molar refractivity (Wildman–Crippen MR) is 111 cm³/mol. The molecule has 0 fully saturated rings. The molecular weight excluding hydrogens is 352 g/mol. The Morgan fingerprint density at radius 1 is 1.00 bits per heavy atom. The molecule has 136 valence electrons. The maximum atomic E-state index is 4.89. The smallest absolute Gasteiger partial charge is 0.107 e. The molecule has 27 heavy (non-hydrogen) atoms. The van der Waals surface area contributed by atoms with Gasteiger partial charge in [-0.15, -0.1) is 11.3 Å². The average Bonchev–Trinajstić information content (AvgIpc) is 3.38. The van der Waals surface area contributed by atoms with Crippen molar-refractivity contribution in [2.75, 3.05) is 13.6 Å². The predicted octanol–water partition coefficient (Wildman–Crippen LogP) is 4.67. The number of hydrogen-bond acceptors (Lipinski definition) is 4. The van der Waals surface area contributed by atoms with E-state index in [0.29, 0.717) is 0 Å². The molecule has 4 rings (SSSR count). The number of hydrogen-bond donors (Lipinski definition) is 0. The van der Waals surface area contributed by atoms with Crippen molar-refractivity contribution in [1.82, 2.24) is 19.7 Å². The minimum Gasteiger partial charge on any atom is -0.302 e. The number of aromatic nitrogens is 3. The zero-order valence-electron chi connectivity index (χ0n) is 15.3. The fourth-order valence-electron chi connectivity index (χ4n) is 3.10. The molecular formula is C22H22N4S. The van der Waals surface area contributed by atoms with Crippen LogP contribution in [0.25, 0.3) is 16.3 Å². The van der Waals surface area contributed by atoms with E-state index in [1.807, 2.05) is 35.3 Å². The lowest BCUT2D eigenvalue weighted by Crippen LogP contribution is -2.20. The number of nitrogens with zero attached hydrogens (tertiary/aromatic N) is 4. The summed E-state index contributed by atoms with van der Waals surface area (Å²) in [5.74, 6) is 0. The lowest BCUT2D eigenvalue weighted by molar-refractivity contribution is 0.331. The molecule has 0 aliphatic carbocycles. The molecule has 0 radical (unpaired) electrons. The van der Waals surface area contributed by atoms with Gasteiger partial charge in [-0.1, -0.05) is 24.3 Å². The summed E-state index contributed by atoms with van der Waals surface area (Å²) >= 11 is 1.73. The van der Waals surface area contributed by atoms with Gasteiger partial charge in [-0.3, -0.25) is 4.98 Å². The van der Waals surface area contributed by atoms with Crippen LogP contribution in [0, 0.1) is 0 Å². The fourth-order valence-corrected chi connectivity index (χ4v) is 3.84. The molecule has 0 unspecified atom stereocenters. The first-order valence-electron chi connectivity index (χ1n) is 9.05. The van der Waals surface area contributed by atoms with Gasteiger partial charge < -0.3 is 4.90 Å². The first-order chi connectivity index (χ1) is 13.3. The van der Waals surface area contributed by atoms with Crippen molar-refractivity contribution < 1.29 is 0 Å². The minimum atomic E-state index is 0.866. The fraction of sp³-hybridized carbons (Fsp3) is 0.182. The van der Waals surface area contributed by atoms with E-state index in [1.54, 1.807) is 11.3 Å². The molecule has 0 atom stereocenters. The first-order valence-corrected chi connectivity index (χ1v) is 9.93. The van der Waals surface area contributed by atoms with Gasteiger partial charge in [0, 0.05) is 37.2 Å². The highest BCUT2D eigenvalue weighted by Crippen LogP contribution is 2.28. The van der Waals surface area contributed by atoms with E-state index in [0.717, 1.165) is 30.9 Å². The number of likely N-dealkylation sites (N-methyl/N-ethyl adjacent to an activating group) is 1. The third kappa shape index (κ3) is 4.32. The summed E-state index contributed by atoms with van der Waals surface area (Å²) in [6.45, 7) is 1.86. The van der Waals surface area contributed by atoms with E-state index in [2.05, 4.69) is 64.9 Å². The summed E-state index contributed by atoms with van der Waals surface area (Å²) in [7, 11) is 2.17. The molecule has 0 aliphatic rings. The van der Waals surface area contributed by atoms with E-state index >= 15 is 0 Å². The maximum absolute atomic E-state index is 4.89. The summed E-state index contributed by atoms with van der Waals surface area (Å²) < 4.78 is 1.99. The maximum Gasteiger partial charge on any atom is 0.107 e. The number of thiophene rings is 1. The third-order valence-corrected chi connectivity index (χ3v) is 5.41. The highest BCUT2D eigenvalue weighted by molar-refractivity contribution is 7.13. The monoisotopic (exact) mass is 374 g/mol. The molecule has 0 amide bonds. The van der Waals surface area contributed by atoms with Crippen LogP contribution in [0.3, 0.4) is 0 Å². The Balaban J connectivity index is 1.54. The Morgan fingerprint density at radius 2 is 1.81 bits per heavy atom. The van der Waals surface area contributed by atoms with Crippen LogP contribution in [-0.2, 0) is 13.0 Å². The van der Waals surface area contributed by atoms with E-state index < -0.39 is 0 Å². The summed E-state index contributed by atoms with van der Waals surface area (Å²) in [5, 5.41) is 6.99. The highest BCUT2D eigenvalue weighted by Gasteiger charge is 2.14. The molecule has 4 nitrogen and oxygen atoms in total. The largest absolute Gasteiger partial charge is 0.302 e. The summed E-state index contributed by atoms with van der Waals surface area (Å²) in [6.07, 6.45) is 6.88. The van der Waals surface area contributed by atoms with Crippen LogP contribution in [0.1, 0.15) is 11.1 Å². The second kappa shape index (κ2) is 8.29. The summed E-state index contributed by atoms with van der Waals surface area (Å²) in [5.41, 5.74) is 4.72. The van der Waals surface area contributed by atoms with Gasteiger partial charge in [-0.25, -0.2) is 4.68 Å². The number of benzene rings is 1. The third-order valence-electron chi connectivity index (χ3n) is 4.54. The van der Waals surface area contributed by atoms with Gasteiger partial charge in [0.1, 0.15) is 5.69 Å². The Hall–Kier alpha value is -2.76. The van der Waals surface area contributed by atoms with Gasteiger partial charge in [0.05, 0.1) is 10.6 Å². The van der Waals surface area contributed by atoms with Gasteiger partial charge in [-0.05, 0) is 54.7 Å². The zero-order chi connectivity index (χ0) is 18.5. The second-order valence-electron chi connectivity index (χ2n) is 6.60. The van der Waals surface area contributed by atoms with Crippen LogP contribution >= 0.6 is 11.3 Å². The topological polar surface area (TPSA) is 34.0 Å². The van der Waals surface area contributed by atoms with Crippen LogP contribution in [-0.4, -0.2) is 33.3 Å². The van der Waals surface area contributed by atoms with Crippen LogP contribution in [0.15, 0.2) is 78.6 Å². The van der Waals surface area contributed by atoms with Crippen LogP contribution in [0.2, 0.25) is 0 Å². The quantitative estimate of drug-likeness (QED) is 0.471. The standard InChI is InChI=1S/C22H22N4S/c1-25(14-11-18-9-12-23-13-10-18)16-19-17-26(20-6-3-2-4-7-20)24-22(19)21-8-5-15-27-21/h2-10,12-13,15,17H,11,14,16H2,1H3. The van der Waals surface area contributed by atoms with Crippen molar-refractivity contribution in [2.24, 2.45) is 0 Å². The van der Waals surface area contributed by atoms with Gasteiger partial charge in [-0.2, -0.15) is 5.10 Å². The Morgan fingerprint density at radius 3 is 2.56 bits per heavy atom. The normalized spacial score (nSPS) is 11.2. The van der Waals surface area contributed by atoms with Gasteiger partial charge in [0.15, 0.2) is 0 Å². The van der Waals surface area contributed by atoms with Crippen LogP contribution < -0.4 is 0 Å². The van der Waals surface area contributed by atoms with E-state index in [1.165, 1.54) is 16.0 Å². The molecule has 0 bridgehead atoms. The lowest BCUT2D eigenvalue weighted by Gasteiger charge is -2.16. The molecule has 5 heteroatoms. The molecule has 4 aromatic rings. The average molecular weight is 375 g/mol. The van der Waals surface area contributed by atoms with E-state index in [9.17, 15) is 0 Å². The molecule has 0 aliphatic heterocycles. The lowest BCUT2D eigenvalue weighted by atomic mass is 10.1. The summed E-state index contributed by atoms with van der Waals surface area (Å²) in [4.78, 5) is 7.65. The molecule has 1 aromatic carbocycles. The first kappa shape index (κ1) is 17.6. The van der Waals surface area contributed by atoms with Gasteiger partial charge in [0.25, 0.3) is 0 Å². The van der Waals surface area contributed by atoms with Gasteiger partial charge >= 0.3 is 0 Å². The van der Waals surface area contributed by atoms with Crippen molar-refractivity contribution in [3.8, 4) is 16.3 Å². The number of pyridine rings is 1. The van der Waals surface area contributed by atoms with Crippen LogP contribution in [0.4, 0.5) is 0 Å². The molecule has 3 aromatic heterocycles. The molecule has 0 saturated heterocycles. The van der Waals surface area contributed by atoms with E-state index in [-0.39, 0.29) is 0 Å². The SMILES string of the molecule is CN(CCc1ccncc1)Cc1cn(-c2ccccc2)nc1-c1cccs1. The minimum absolute atomic E-state index is 0.866. The van der Waals surface area contributed by atoms with Crippen molar-refractivity contribution in [3.63, 3.8) is 0 Å². The van der Waals surface area contributed by atoms with Crippen molar-refractivity contribution in [2.45, 2.75) is 13.0 Å². The van der Waals surface area contributed by atoms with Gasteiger partial charge in [0.2, 0.25) is 0 Å². The Kier molecular flexibility index (Phi) is 5.42. The van der Waals surface area contributed by atoms with Crippen molar-refractivity contribution in [3.05, 3.63) is 89.7 Å². The summed E-state index contributed by atoms with van der Waals surface area (Å²) in [6, 6.07) is 18.7.